The van der Waals surface area contributed by atoms with E-state index in [4.69, 9.17) is 16.3 Å². The van der Waals surface area contributed by atoms with Gasteiger partial charge >= 0.3 is 0 Å². The summed E-state index contributed by atoms with van der Waals surface area (Å²) < 4.78 is 7.65. The lowest BCUT2D eigenvalue weighted by Gasteiger charge is -2.16. The molecule has 0 radical (unpaired) electrons. The van der Waals surface area contributed by atoms with Gasteiger partial charge < -0.3 is 9.30 Å². The molecule has 0 amide bonds. The number of rotatable bonds is 2. The normalized spacial score (nSPS) is 15.0. The SMILES string of the molecule is Cn1c(C2=CCOCC2)c(-c2ncnc(Cl)n2)c2ccccc21. The Morgan fingerprint density at radius 2 is 2.09 bits per heavy atom. The van der Waals surface area contributed by atoms with Crippen LogP contribution in [0, 0.1) is 0 Å². The van der Waals surface area contributed by atoms with Gasteiger partial charge in [-0.25, -0.2) is 9.97 Å². The maximum Gasteiger partial charge on any atom is 0.225 e. The van der Waals surface area contributed by atoms with Crippen molar-refractivity contribution in [3.8, 4) is 11.4 Å². The highest BCUT2D eigenvalue weighted by molar-refractivity contribution is 6.28. The molecule has 0 aliphatic carbocycles. The third-order valence-electron chi connectivity index (χ3n) is 4.14. The van der Waals surface area contributed by atoms with Gasteiger partial charge in [0.1, 0.15) is 6.33 Å². The fraction of sp³-hybridized carbons (Fsp3) is 0.235. The summed E-state index contributed by atoms with van der Waals surface area (Å²) in [7, 11) is 2.07. The molecule has 3 aromatic rings. The zero-order valence-electron chi connectivity index (χ0n) is 12.7. The minimum Gasteiger partial charge on any atom is -0.377 e. The topological polar surface area (TPSA) is 52.8 Å². The molecular formula is C17H15ClN4O. The number of aromatic nitrogens is 4. The van der Waals surface area contributed by atoms with Gasteiger partial charge in [-0.2, -0.15) is 4.98 Å². The Morgan fingerprint density at radius 1 is 1.22 bits per heavy atom. The van der Waals surface area contributed by atoms with Gasteiger partial charge in [-0.1, -0.05) is 24.3 Å². The Morgan fingerprint density at radius 3 is 2.87 bits per heavy atom. The molecule has 2 aromatic heterocycles. The van der Waals surface area contributed by atoms with Crippen molar-refractivity contribution in [1.29, 1.82) is 0 Å². The van der Waals surface area contributed by atoms with Gasteiger partial charge in [0.2, 0.25) is 5.28 Å². The number of para-hydroxylation sites is 1. The van der Waals surface area contributed by atoms with Crippen molar-refractivity contribution in [3.63, 3.8) is 0 Å². The molecule has 0 saturated heterocycles. The summed E-state index contributed by atoms with van der Waals surface area (Å²) in [6.45, 7) is 1.36. The minimum atomic E-state index is 0.204. The van der Waals surface area contributed by atoms with E-state index < -0.39 is 0 Å². The van der Waals surface area contributed by atoms with Crippen LogP contribution in [0.15, 0.2) is 36.7 Å². The van der Waals surface area contributed by atoms with Crippen LogP contribution in [0.1, 0.15) is 12.1 Å². The highest BCUT2D eigenvalue weighted by Crippen LogP contribution is 2.38. The number of ether oxygens (including phenoxy) is 1. The van der Waals surface area contributed by atoms with Crippen molar-refractivity contribution in [3.05, 3.63) is 47.6 Å². The summed E-state index contributed by atoms with van der Waals surface area (Å²) in [5, 5.41) is 1.31. The Labute approximate surface area is 138 Å². The van der Waals surface area contributed by atoms with E-state index in [2.05, 4.69) is 44.8 Å². The van der Waals surface area contributed by atoms with Crippen LogP contribution < -0.4 is 0 Å². The van der Waals surface area contributed by atoms with Gasteiger partial charge in [0.15, 0.2) is 5.82 Å². The Balaban J connectivity index is 2.06. The van der Waals surface area contributed by atoms with E-state index >= 15 is 0 Å². The lowest BCUT2D eigenvalue weighted by molar-refractivity contribution is 0.161. The molecule has 1 aliphatic rings. The summed E-state index contributed by atoms with van der Waals surface area (Å²) in [5.74, 6) is 0.601. The summed E-state index contributed by atoms with van der Waals surface area (Å²) in [6.07, 6.45) is 4.45. The van der Waals surface area contributed by atoms with Crippen LogP contribution in [0.4, 0.5) is 0 Å². The number of aryl methyl sites for hydroxylation is 1. The predicted molar refractivity (Wildman–Crippen MR) is 90.2 cm³/mol. The highest BCUT2D eigenvalue weighted by atomic mass is 35.5. The number of hydrogen-bond donors (Lipinski definition) is 0. The molecule has 0 bridgehead atoms. The first kappa shape index (κ1) is 14.4. The molecule has 5 nitrogen and oxygen atoms in total. The first-order valence-electron chi connectivity index (χ1n) is 7.45. The van der Waals surface area contributed by atoms with Crippen LogP contribution in [0.5, 0.6) is 0 Å². The lowest BCUT2D eigenvalue weighted by Crippen LogP contribution is -2.07. The molecule has 3 heterocycles. The van der Waals surface area contributed by atoms with E-state index in [1.807, 2.05) is 12.1 Å². The number of hydrogen-bond acceptors (Lipinski definition) is 4. The van der Waals surface area contributed by atoms with E-state index in [0.29, 0.717) is 12.4 Å². The lowest BCUT2D eigenvalue weighted by atomic mass is 10.0. The summed E-state index contributed by atoms with van der Waals surface area (Å²) in [4.78, 5) is 12.6. The maximum absolute atomic E-state index is 5.99. The fourth-order valence-corrected chi connectivity index (χ4v) is 3.26. The van der Waals surface area contributed by atoms with Gasteiger partial charge in [0.05, 0.1) is 24.5 Å². The van der Waals surface area contributed by atoms with E-state index in [0.717, 1.165) is 35.2 Å². The second kappa shape index (κ2) is 5.76. The highest BCUT2D eigenvalue weighted by Gasteiger charge is 2.22. The average Bonchev–Trinajstić information content (AvgIpc) is 2.89. The molecule has 6 heteroatoms. The first-order valence-corrected chi connectivity index (χ1v) is 7.83. The summed E-state index contributed by atoms with van der Waals surface area (Å²) >= 11 is 5.99. The molecule has 0 fully saturated rings. The fourth-order valence-electron chi connectivity index (χ4n) is 3.13. The molecule has 0 spiro atoms. The number of nitrogens with zero attached hydrogens (tertiary/aromatic N) is 4. The average molecular weight is 327 g/mol. The standard InChI is InChI=1S/C17H15ClN4O/c1-22-13-5-3-2-4-12(13)14(16-19-10-20-17(18)21-16)15(22)11-6-8-23-9-7-11/h2-6,10H,7-9H2,1H3. The Bertz CT molecular complexity index is 916. The van der Waals surface area contributed by atoms with Crippen LogP contribution in [0.2, 0.25) is 5.28 Å². The van der Waals surface area contributed by atoms with Gasteiger partial charge in [-0.05, 0) is 29.7 Å². The number of halogens is 1. The second-order valence-electron chi connectivity index (χ2n) is 5.43. The Hall–Kier alpha value is -2.24. The molecule has 0 saturated carbocycles. The van der Waals surface area contributed by atoms with E-state index in [1.165, 1.54) is 11.9 Å². The van der Waals surface area contributed by atoms with E-state index in [1.54, 1.807) is 0 Å². The zero-order valence-corrected chi connectivity index (χ0v) is 13.4. The molecule has 1 aromatic carbocycles. The maximum atomic E-state index is 5.99. The van der Waals surface area contributed by atoms with Crippen molar-refractivity contribution in [1.82, 2.24) is 19.5 Å². The van der Waals surface area contributed by atoms with Crippen molar-refractivity contribution in [2.75, 3.05) is 13.2 Å². The van der Waals surface area contributed by atoms with Crippen LogP contribution in [-0.4, -0.2) is 32.7 Å². The van der Waals surface area contributed by atoms with Crippen LogP contribution >= 0.6 is 11.6 Å². The largest absolute Gasteiger partial charge is 0.377 e. The quantitative estimate of drug-likeness (QED) is 0.723. The molecular weight excluding hydrogens is 312 g/mol. The van der Waals surface area contributed by atoms with E-state index in [9.17, 15) is 0 Å². The van der Waals surface area contributed by atoms with Crippen LogP contribution in [-0.2, 0) is 11.8 Å². The van der Waals surface area contributed by atoms with Crippen molar-refractivity contribution < 1.29 is 4.74 Å². The van der Waals surface area contributed by atoms with Gasteiger partial charge in [-0.3, -0.25) is 0 Å². The molecule has 0 atom stereocenters. The molecule has 116 valence electrons. The third kappa shape index (κ3) is 2.42. The summed E-state index contributed by atoms with van der Waals surface area (Å²) in [6, 6.07) is 8.25. The summed E-state index contributed by atoms with van der Waals surface area (Å²) in [5.41, 5.74) is 4.51. The smallest absolute Gasteiger partial charge is 0.225 e. The second-order valence-corrected chi connectivity index (χ2v) is 5.77. The first-order chi connectivity index (χ1) is 11.3. The van der Waals surface area contributed by atoms with Crippen LogP contribution in [0.3, 0.4) is 0 Å². The van der Waals surface area contributed by atoms with Gasteiger partial charge in [-0.15, -0.1) is 0 Å². The molecule has 0 N–H and O–H groups in total. The van der Waals surface area contributed by atoms with Gasteiger partial charge in [0, 0.05) is 18.0 Å². The monoisotopic (exact) mass is 326 g/mol. The predicted octanol–water partition coefficient (Wildman–Crippen LogP) is 3.49. The van der Waals surface area contributed by atoms with Gasteiger partial charge in [0.25, 0.3) is 0 Å². The third-order valence-corrected chi connectivity index (χ3v) is 4.32. The van der Waals surface area contributed by atoms with Crippen LogP contribution in [0.25, 0.3) is 27.9 Å². The Kier molecular flexibility index (Phi) is 3.59. The van der Waals surface area contributed by atoms with Crippen molar-refractivity contribution >= 4 is 28.1 Å². The minimum absolute atomic E-state index is 0.204. The van der Waals surface area contributed by atoms with Crippen molar-refractivity contribution in [2.24, 2.45) is 7.05 Å². The molecule has 4 rings (SSSR count). The van der Waals surface area contributed by atoms with E-state index in [-0.39, 0.29) is 5.28 Å². The number of fused-ring (bicyclic) bond motifs is 1. The molecule has 23 heavy (non-hydrogen) atoms. The zero-order chi connectivity index (χ0) is 15.8. The molecule has 1 aliphatic heterocycles. The van der Waals surface area contributed by atoms with Crippen molar-refractivity contribution in [2.45, 2.75) is 6.42 Å². The molecule has 0 unspecified atom stereocenters. The number of benzene rings is 1.